The zero-order chi connectivity index (χ0) is 17.5. The number of benzene rings is 1. The largest absolute Gasteiger partial charge is 0.356 e. The average molecular weight is 467 g/mol. The molecule has 1 aromatic carbocycles. The first-order chi connectivity index (χ1) is 12.2. The number of guanidine groups is 1. The van der Waals surface area contributed by atoms with Gasteiger partial charge in [-0.1, -0.05) is 30.3 Å². The van der Waals surface area contributed by atoms with Crippen LogP contribution >= 0.6 is 24.0 Å². The van der Waals surface area contributed by atoms with Crippen LogP contribution in [0.1, 0.15) is 24.0 Å². The predicted molar refractivity (Wildman–Crippen MR) is 118 cm³/mol. The maximum absolute atomic E-state index is 4.48. The number of likely N-dealkylation sites (tertiary alicyclic amines) is 1. The lowest BCUT2D eigenvalue weighted by Crippen LogP contribution is -2.40. The van der Waals surface area contributed by atoms with E-state index in [-0.39, 0.29) is 24.0 Å². The maximum atomic E-state index is 4.48. The van der Waals surface area contributed by atoms with E-state index in [2.05, 4.69) is 56.8 Å². The van der Waals surface area contributed by atoms with Gasteiger partial charge < -0.3 is 10.2 Å². The Labute approximate surface area is 173 Å². The Morgan fingerprint density at radius 1 is 1.27 bits per heavy atom. The van der Waals surface area contributed by atoms with E-state index in [1.165, 1.54) is 17.5 Å². The van der Waals surface area contributed by atoms with Gasteiger partial charge in [-0.2, -0.15) is 5.10 Å². The van der Waals surface area contributed by atoms with Crippen LogP contribution in [0.3, 0.4) is 0 Å². The van der Waals surface area contributed by atoms with Gasteiger partial charge in [0.25, 0.3) is 0 Å². The lowest BCUT2D eigenvalue weighted by molar-refractivity contribution is 0.459. The topological polar surface area (TPSA) is 45.5 Å². The Morgan fingerprint density at radius 2 is 2.08 bits per heavy atom. The number of aromatic nitrogens is 2. The fraction of sp³-hybridized carbons (Fsp3) is 0.500. The summed E-state index contributed by atoms with van der Waals surface area (Å²) in [6.07, 6.45) is 8.58. The van der Waals surface area contributed by atoms with E-state index >= 15 is 0 Å². The normalized spacial score (nSPS) is 17.2. The monoisotopic (exact) mass is 467 g/mol. The van der Waals surface area contributed by atoms with E-state index in [0.717, 1.165) is 50.8 Å². The number of halogens is 1. The minimum atomic E-state index is 0. The van der Waals surface area contributed by atoms with Crippen molar-refractivity contribution in [2.75, 3.05) is 26.7 Å². The van der Waals surface area contributed by atoms with Gasteiger partial charge in [0.2, 0.25) is 0 Å². The molecule has 1 saturated heterocycles. The van der Waals surface area contributed by atoms with Crippen molar-refractivity contribution in [2.45, 2.75) is 25.7 Å². The number of hydrogen-bond donors (Lipinski definition) is 1. The third-order valence-electron chi connectivity index (χ3n) is 4.85. The maximum Gasteiger partial charge on any atom is 0.193 e. The summed E-state index contributed by atoms with van der Waals surface area (Å²) in [5, 5.41) is 7.74. The molecule has 1 aliphatic rings. The van der Waals surface area contributed by atoms with Gasteiger partial charge in [-0.25, -0.2) is 0 Å². The SMILES string of the molecule is CN=C(NCCCc1cnn(C)c1)N1CCC(Cc2ccccc2)C1.I. The number of aryl methyl sites for hydroxylation is 2. The Hall–Kier alpha value is -1.57. The molecule has 0 saturated carbocycles. The summed E-state index contributed by atoms with van der Waals surface area (Å²) in [6, 6.07) is 10.8. The van der Waals surface area contributed by atoms with Gasteiger partial charge in [0.15, 0.2) is 5.96 Å². The van der Waals surface area contributed by atoms with Crippen molar-refractivity contribution in [3.05, 3.63) is 53.9 Å². The Balaban J connectivity index is 0.00000243. The van der Waals surface area contributed by atoms with E-state index < -0.39 is 0 Å². The first kappa shape index (κ1) is 20.7. The highest BCUT2D eigenvalue weighted by atomic mass is 127. The average Bonchev–Trinajstić information content (AvgIpc) is 3.25. The summed E-state index contributed by atoms with van der Waals surface area (Å²) in [6.45, 7) is 3.14. The Kier molecular flexibility index (Phi) is 8.41. The highest BCUT2D eigenvalue weighted by Crippen LogP contribution is 2.20. The molecule has 0 spiro atoms. The van der Waals surface area contributed by atoms with Gasteiger partial charge in [-0.05, 0) is 42.7 Å². The fourth-order valence-corrected chi connectivity index (χ4v) is 3.57. The zero-order valence-electron chi connectivity index (χ0n) is 15.8. The van der Waals surface area contributed by atoms with Gasteiger partial charge in [-0.3, -0.25) is 9.67 Å². The lowest BCUT2D eigenvalue weighted by Gasteiger charge is -2.21. The van der Waals surface area contributed by atoms with Crippen LogP contribution in [0.4, 0.5) is 0 Å². The second-order valence-electron chi connectivity index (χ2n) is 6.89. The molecule has 1 atom stereocenters. The molecule has 0 bridgehead atoms. The molecule has 6 heteroatoms. The highest BCUT2D eigenvalue weighted by molar-refractivity contribution is 14.0. The van der Waals surface area contributed by atoms with Gasteiger partial charge in [0.1, 0.15) is 0 Å². The molecule has 0 radical (unpaired) electrons. The van der Waals surface area contributed by atoms with E-state index in [0.29, 0.717) is 0 Å². The van der Waals surface area contributed by atoms with Crippen LogP contribution in [-0.2, 0) is 19.9 Å². The smallest absolute Gasteiger partial charge is 0.193 e. The Morgan fingerprint density at radius 3 is 2.77 bits per heavy atom. The molecular weight excluding hydrogens is 437 g/mol. The van der Waals surface area contributed by atoms with Crippen molar-refractivity contribution in [1.29, 1.82) is 0 Å². The van der Waals surface area contributed by atoms with Crippen LogP contribution in [0, 0.1) is 5.92 Å². The molecule has 0 aliphatic carbocycles. The van der Waals surface area contributed by atoms with E-state index in [4.69, 9.17) is 0 Å². The molecule has 5 nitrogen and oxygen atoms in total. The third kappa shape index (κ3) is 6.00. The first-order valence-corrected chi connectivity index (χ1v) is 9.21. The van der Waals surface area contributed by atoms with Crippen molar-refractivity contribution in [2.24, 2.45) is 18.0 Å². The molecule has 142 valence electrons. The molecular formula is C20H30IN5. The summed E-state index contributed by atoms with van der Waals surface area (Å²) in [4.78, 5) is 6.88. The van der Waals surface area contributed by atoms with Crippen molar-refractivity contribution < 1.29 is 0 Å². The van der Waals surface area contributed by atoms with Crippen molar-refractivity contribution in [1.82, 2.24) is 20.0 Å². The molecule has 1 unspecified atom stereocenters. The number of nitrogens with zero attached hydrogens (tertiary/aromatic N) is 4. The lowest BCUT2D eigenvalue weighted by atomic mass is 9.99. The molecule has 1 aliphatic heterocycles. The first-order valence-electron chi connectivity index (χ1n) is 9.21. The van der Waals surface area contributed by atoms with Crippen LogP contribution in [0.15, 0.2) is 47.7 Å². The third-order valence-corrected chi connectivity index (χ3v) is 4.85. The van der Waals surface area contributed by atoms with Crippen molar-refractivity contribution in [3.8, 4) is 0 Å². The molecule has 1 aromatic heterocycles. The second-order valence-corrected chi connectivity index (χ2v) is 6.89. The van der Waals surface area contributed by atoms with Crippen LogP contribution < -0.4 is 5.32 Å². The fourth-order valence-electron chi connectivity index (χ4n) is 3.57. The number of aliphatic imine (C=N–C) groups is 1. The van der Waals surface area contributed by atoms with Gasteiger partial charge in [-0.15, -0.1) is 24.0 Å². The molecule has 3 rings (SSSR count). The zero-order valence-corrected chi connectivity index (χ0v) is 18.1. The number of nitrogens with one attached hydrogen (secondary N) is 1. The quantitative estimate of drug-likeness (QED) is 0.308. The minimum Gasteiger partial charge on any atom is -0.356 e. The summed E-state index contributed by atoms with van der Waals surface area (Å²) in [5.74, 6) is 1.76. The van der Waals surface area contributed by atoms with Crippen molar-refractivity contribution >= 4 is 29.9 Å². The number of hydrogen-bond acceptors (Lipinski definition) is 2. The van der Waals surface area contributed by atoms with Crippen LogP contribution in [0.25, 0.3) is 0 Å². The molecule has 1 fully saturated rings. The molecule has 0 amide bonds. The van der Waals surface area contributed by atoms with E-state index in [1.807, 2.05) is 25.0 Å². The summed E-state index contributed by atoms with van der Waals surface area (Å²) in [7, 11) is 3.84. The molecule has 26 heavy (non-hydrogen) atoms. The second kappa shape index (κ2) is 10.5. The standard InChI is InChI=1S/C20H29N5.HI/c1-21-20(22-11-6-9-19-14-23-24(2)15-19)25-12-10-18(16-25)13-17-7-4-3-5-8-17;/h3-5,7-8,14-15,18H,6,9-13,16H2,1-2H3,(H,21,22);1H. The van der Waals surface area contributed by atoms with Gasteiger partial charge >= 0.3 is 0 Å². The highest BCUT2D eigenvalue weighted by Gasteiger charge is 2.24. The minimum absolute atomic E-state index is 0. The molecule has 2 heterocycles. The molecule has 2 aromatic rings. The summed E-state index contributed by atoms with van der Waals surface area (Å²) < 4.78 is 1.86. The van der Waals surface area contributed by atoms with E-state index in [1.54, 1.807) is 0 Å². The van der Waals surface area contributed by atoms with Crippen LogP contribution in [0.2, 0.25) is 0 Å². The predicted octanol–water partition coefficient (Wildman–Crippen LogP) is 3.11. The van der Waals surface area contributed by atoms with Crippen molar-refractivity contribution in [3.63, 3.8) is 0 Å². The van der Waals surface area contributed by atoms with Crippen LogP contribution in [-0.4, -0.2) is 47.3 Å². The van der Waals surface area contributed by atoms with Crippen LogP contribution in [0.5, 0.6) is 0 Å². The van der Waals surface area contributed by atoms with E-state index in [9.17, 15) is 0 Å². The summed E-state index contributed by atoms with van der Waals surface area (Å²) >= 11 is 0. The van der Waals surface area contributed by atoms with Gasteiger partial charge in [0.05, 0.1) is 6.20 Å². The Bertz CT molecular complexity index is 683. The summed E-state index contributed by atoms with van der Waals surface area (Å²) in [5.41, 5.74) is 2.73. The van der Waals surface area contributed by atoms with Gasteiger partial charge in [0, 0.05) is 39.9 Å². The molecule has 1 N–H and O–H groups in total. The number of rotatable bonds is 6.